The zero-order chi connectivity index (χ0) is 14.8. The first-order valence-electron chi connectivity index (χ1n) is 7.81. The lowest BCUT2D eigenvalue weighted by atomic mass is 9.96. The lowest BCUT2D eigenvalue weighted by molar-refractivity contribution is -0.155. The SMILES string of the molecule is C[C@]1(C2CC2)NC(=O)N(CC(=O)OC2(C3CC3)CC2)C1=O. The molecule has 6 nitrogen and oxygen atoms in total. The molecule has 0 aromatic carbocycles. The Morgan fingerprint density at radius 3 is 2.38 bits per heavy atom. The highest BCUT2D eigenvalue weighted by atomic mass is 16.6. The van der Waals surface area contributed by atoms with Crippen molar-refractivity contribution >= 4 is 17.9 Å². The average Bonchev–Trinajstić information content (AvgIpc) is 3.24. The number of imide groups is 1. The van der Waals surface area contributed by atoms with Crippen molar-refractivity contribution < 1.29 is 19.1 Å². The molecule has 1 N–H and O–H groups in total. The number of nitrogens with zero attached hydrogens (tertiary/aromatic N) is 1. The Balaban J connectivity index is 1.41. The van der Waals surface area contributed by atoms with E-state index in [1.165, 1.54) is 0 Å². The van der Waals surface area contributed by atoms with Crippen molar-refractivity contribution in [1.82, 2.24) is 10.2 Å². The first kappa shape index (κ1) is 13.1. The van der Waals surface area contributed by atoms with Crippen LogP contribution >= 0.6 is 0 Å². The second-order valence-electron chi connectivity index (χ2n) is 7.11. The van der Waals surface area contributed by atoms with Gasteiger partial charge in [0.15, 0.2) is 0 Å². The van der Waals surface area contributed by atoms with E-state index in [-0.39, 0.29) is 24.0 Å². The molecule has 3 aliphatic carbocycles. The minimum absolute atomic E-state index is 0.205. The maximum Gasteiger partial charge on any atom is 0.326 e. The Morgan fingerprint density at radius 2 is 1.86 bits per heavy atom. The molecule has 0 aromatic rings. The van der Waals surface area contributed by atoms with Crippen molar-refractivity contribution in [2.24, 2.45) is 11.8 Å². The van der Waals surface area contributed by atoms with Crippen LogP contribution in [-0.2, 0) is 14.3 Å². The molecule has 4 aliphatic rings. The maximum atomic E-state index is 12.4. The number of amides is 3. The van der Waals surface area contributed by atoms with Crippen LogP contribution in [0.1, 0.15) is 45.4 Å². The van der Waals surface area contributed by atoms with Crippen LogP contribution in [-0.4, -0.2) is 40.5 Å². The van der Waals surface area contributed by atoms with E-state index >= 15 is 0 Å². The van der Waals surface area contributed by atoms with Crippen LogP contribution in [0.2, 0.25) is 0 Å². The van der Waals surface area contributed by atoms with Crippen LogP contribution in [0.5, 0.6) is 0 Å². The van der Waals surface area contributed by atoms with Gasteiger partial charge in [-0.25, -0.2) is 4.79 Å². The number of esters is 1. The van der Waals surface area contributed by atoms with E-state index in [1.807, 2.05) is 0 Å². The molecule has 4 rings (SSSR count). The molecular formula is C15H20N2O4. The van der Waals surface area contributed by atoms with Crippen molar-refractivity contribution in [3.8, 4) is 0 Å². The molecule has 0 spiro atoms. The zero-order valence-electron chi connectivity index (χ0n) is 12.2. The van der Waals surface area contributed by atoms with Gasteiger partial charge in [-0.05, 0) is 57.3 Å². The van der Waals surface area contributed by atoms with Gasteiger partial charge in [0.05, 0.1) is 0 Å². The number of nitrogens with one attached hydrogen (secondary N) is 1. The second-order valence-corrected chi connectivity index (χ2v) is 7.11. The number of carbonyl (C=O) groups excluding carboxylic acids is 3. The zero-order valence-corrected chi connectivity index (χ0v) is 12.2. The van der Waals surface area contributed by atoms with Crippen molar-refractivity contribution in [3.63, 3.8) is 0 Å². The number of ether oxygens (including phenoxy) is 1. The summed E-state index contributed by atoms with van der Waals surface area (Å²) >= 11 is 0. The fourth-order valence-corrected chi connectivity index (χ4v) is 3.51. The van der Waals surface area contributed by atoms with Gasteiger partial charge in [0.1, 0.15) is 17.7 Å². The van der Waals surface area contributed by atoms with Crippen LogP contribution in [0, 0.1) is 11.8 Å². The molecule has 6 heteroatoms. The molecule has 114 valence electrons. The molecule has 0 unspecified atom stereocenters. The predicted octanol–water partition coefficient (Wildman–Crippen LogP) is 1.19. The van der Waals surface area contributed by atoms with Crippen LogP contribution in [0.25, 0.3) is 0 Å². The third kappa shape index (κ3) is 2.03. The van der Waals surface area contributed by atoms with Gasteiger partial charge in [-0.3, -0.25) is 14.5 Å². The smallest absolute Gasteiger partial charge is 0.326 e. The summed E-state index contributed by atoms with van der Waals surface area (Å²) < 4.78 is 5.56. The standard InChI is InChI=1S/C15H20N2O4/c1-14(9-2-3-9)12(19)17(13(20)16-14)8-11(18)21-15(6-7-15)10-4-5-10/h9-10H,2-8H2,1H3,(H,16,20)/t14-/m1/s1. The van der Waals surface area contributed by atoms with E-state index in [4.69, 9.17) is 4.74 Å². The molecule has 1 aliphatic heterocycles. The minimum atomic E-state index is -0.828. The fraction of sp³-hybridized carbons (Fsp3) is 0.800. The summed E-state index contributed by atoms with van der Waals surface area (Å²) in [7, 11) is 0. The summed E-state index contributed by atoms with van der Waals surface area (Å²) in [5.41, 5.74) is -1.10. The lowest BCUT2D eigenvalue weighted by Crippen LogP contribution is -2.46. The van der Waals surface area contributed by atoms with Gasteiger partial charge in [0.2, 0.25) is 0 Å². The van der Waals surface area contributed by atoms with Crippen molar-refractivity contribution in [3.05, 3.63) is 0 Å². The molecular weight excluding hydrogens is 272 g/mol. The third-order valence-electron chi connectivity index (χ3n) is 5.36. The molecule has 3 amide bonds. The molecule has 21 heavy (non-hydrogen) atoms. The Labute approximate surface area is 123 Å². The molecule has 4 fully saturated rings. The molecule has 3 saturated carbocycles. The summed E-state index contributed by atoms with van der Waals surface area (Å²) in [5.74, 6) is -0.0383. The Morgan fingerprint density at radius 1 is 1.24 bits per heavy atom. The van der Waals surface area contributed by atoms with Gasteiger partial charge in [-0.2, -0.15) is 0 Å². The molecule has 0 aromatic heterocycles. The lowest BCUT2D eigenvalue weighted by Gasteiger charge is -2.21. The number of rotatable bonds is 5. The van der Waals surface area contributed by atoms with Crippen LogP contribution < -0.4 is 5.32 Å². The number of carbonyl (C=O) groups is 3. The second kappa shape index (κ2) is 3.99. The summed E-state index contributed by atoms with van der Waals surface area (Å²) in [6.45, 7) is 1.49. The van der Waals surface area contributed by atoms with E-state index in [2.05, 4.69) is 5.32 Å². The van der Waals surface area contributed by atoms with E-state index in [9.17, 15) is 14.4 Å². The molecule has 1 atom stereocenters. The first-order chi connectivity index (χ1) is 9.94. The van der Waals surface area contributed by atoms with E-state index in [0.717, 1.165) is 43.4 Å². The Hall–Kier alpha value is -1.59. The fourth-order valence-electron chi connectivity index (χ4n) is 3.51. The molecule has 0 bridgehead atoms. The summed E-state index contributed by atoms with van der Waals surface area (Å²) in [6, 6.07) is -0.470. The van der Waals surface area contributed by atoms with E-state index < -0.39 is 17.5 Å². The van der Waals surface area contributed by atoms with Crippen LogP contribution in [0.15, 0.2) is 0 Å². The topological polar surface area (TPSA) is 75.7 Å². The number of urea groups is 1. The van der Waals surface area contributed by atoms with Gasteiger partial charge < -0.3 is 10.1 Å². The summed E-state index contributed by atoms with van der Waals surface area (Å²) in [5, 5.41) is 2.74. The average molecular weight is 292 g/mol. The molecule has 0 radical (unpaired) electrons. The normalized spacial score (nSPS) is 33.9. The monoisotopic (exact) mass is 292 g/mol. The van der Waals surface area contributed by atoms with Crippen LogP contribution in [0.3, 0.4) is 0 Å². The summed E-state index contributed by atoms with van der Waals surface area (Å²) in [6.07, 6.45) is 5.98. The highest BCUT2D eigenvalue weighted by Crippen LogP contribution is 2.56. The van der Waals surface area contributed by atoms with Crippen molar-refractivity contribution in [2.75, 3.05) is 6.54 Å². The van der Waals surface area contributed by atoms with Crippen LogP contribution in [0.4, 0.5) is 4.79 Å². The van der Waals surface area contributed by atoms with Crippen molar-refractivity contribution in [2.45, 2.75) is 56.6 Å². The number of hydrogen-bond donors (Lipinski definition) is 1. The van der Waals surface area contributed by atoms with Gasteiger partial charge in [0.25, 0.3) is 5.91 Å². The molecule has 1 saturated heterocycles. The van der Waals surface area contributed by atoms with Gasteiger partial charge in [-0.15, -0.1) is 0 Å². The van der Waals surface area contributed by atoms with Crippen molar-refractivity contribution in [1.29, 1.82) is 0 Å². The maximum absolute atomic E-state index is 12.4. The minimum Gasteiger partial charge on any atom is -0.457 e. The van der Waals surface area contributed by atoms with Gasteiger partial charge in [0, 0.05) is 0 Å². The van der Waals surface area contributed by atoms with Gasteiger partial charge in [-0.1, -0.05) is 0 Å². The summed E-state index contributed by atoms with van der Waals surface area (Å²) in [4.78, 5) is 37.5. The first-order valence-corrected chi connectivity index (χ1v) is 7.81. The highest BCUT2D eigenvalue weighted by Gasteiger charge is 2.59. The Kier molecular flexibility index (Phi) is 2.49. The number of hydrogen-bond acceptors (Lipinski definition) is 4. The largest absolute Gasteiger partial charge is 0.457 e. The quantitative estimate of drug-likeness (QED) is 0.610. The van der Waals surface area contributed by atoms with Gasteiger partial charge >= 0.3 is 12.0 Å². The van der Waals surface area contributed by atoms with E-state index in [1.54, 1.807) is 6.92 Å². The van der Waals surface area contributed by atoms with E-state index in [0.29, 0.717) is 5.92 Å². The molecule has 1 heterocycles. The third-order valence-corrected chi connectivity index (χ3v) is 5.36. The highest BCUT2D eigenvalue weighted by molar-refractivity contribution is 6.08. The Bertz CT molecular complexity index is 534. The predicted molar refractivity (Wildman–Crippen MR) is 72.2 cm³/mol.